The summed E-state index contributed by atoms with van der Waals surface area (Å²) in [5.74, 6) is -1.34. The van der Waals surface area contributed by atoms with Gasteiger partial charge < -0.3 is 15.3 Å². The molecule has 3 N–H and O–H groups in total. The molecular weight excluding hydrogens is 371 g/mol. The number of aliphatic carboxylic acids is 1. The van der Waals surface area contributed by atoms with Crippen LogP contribution in [0, 0.1) is 5.82 Å². The van der Waals surface area contributed by atoms with Crippen LogP contribution in [0.3, 0.4) is 0 Å². The van der Waals surface area contributed by atoms with E-state index in [1.165, 1.54) is 12.1 Å². The van der Waals surface area contributed by atoms with Crippen molar-refractivity contribution in [3.63, 3.8) is 0 Å². The highest BCUT2D eigenvalue weighted by Crippen LogP contribution is 2.39. The van der Waals surface area contributed by atoms with Crippen molar-refractivity contribution < 1.29 is 24.5 Å². The van der Waals surface area contributed by atoms with Crippen LogP contribution >= 0.6 is 0 Å². The number of hydrogen-bond donors (Lipinski definition) is 3. The van der Waals surface area contributed by atoms with Gasteiger partial charge in [0.2, 0.25) is 0 Å². The number of rotatable bonds is 10. The fraction of sp³-hybridized carbons (Fsp3) is 0.375. The molecule has 2 rings (SSSR count). The second-order valence-corrected chi connectivity index (χ2v) is 7.33. The third kappa shape index (κ3) is 5.99. The monoisotopic (exact) mass is 400 g/mol. The Labute approximate surface area is 171 Å². The normalized spacial score (nSPS) is 14.1. The van der Waals surface area contributed by atoms with E-state index in [9.17, 15) is 19.4 Å². The van der Waals surface area contributed by atoms with Crippen molar-refractivity contribution >= 4 is 12.0 Å². The minimum atomic E-state index is -1.10. The molecule has 0 fully saturated rings. The lowest BCUT2D eigenvalue weighted by Gasteiger charge is -2.33. The average Bonchev–Trinajstić information content (AvgIpc) is 2.69. The van der Waals surface area contributed by atoms with Crippen LogP contribution in [0.1, 0.15) is 56.2 Å². The Bertz CT molecular complexity index is 808. The molecule has 0 aromatic heterocycles. The third-order valence-electron chi connectivity index (χ3n) is 5.50. The smallest absolute Gasteiger partial charge is 0.305 e. The van der Waals surface area contributed by atoms with Crippen molar-refractivity contribution in [1.29, 1.82) is 0 Å². The number of carboxylic acids is 1. The van der Waals surface area contributed by atoms with Gasteiger partial charge in [0, 0.05) is 11.8 Å². The predicted octanol–water partition coefficient (Wildman–Crippen LogP) is 4.53. The van der Waals surface area contributed by atoms with Gasteiger partial charge in [-0.15, -0.1) is 0 Å². The molecule has 29 heavy (non-hydrogen) atoms. The number of aliphatic hydroxyl groups is 2. The molecule has 4 nitrogen and oxygen atoms in total. The summed E-state index contributed by atoms with van der Waals surface area (Å²) < 4.78 is 13.4. The molecule has 0 aliphatic carbocycles. The maximum atomic E-state index is 13.4. The van der Waals surface area contributed by atoms with Gasteiger partial charge >= 0.3 is 5.97 Å². The van der Waals surface area contributed by atoms with Crippen LogP contribution in [0.5, 0.6) is 0 Å². The molecule has 0 radical (unpaired) electrons. The molecule has 0 unspecified atom stereocenters. The van der Waals surface area contributed by atoms with E-state index < -0.39 is 18.2 Å². The van der Waals surface area contributed by atoms with E-state index in [-0.39, 0.29) is 24.1 Å². The van der Waals surface area contributed by atoms with E-state index in [1.54, 1.807) is 12.2 Å². The fourth-order valence-electron chi connectivity index (χ4n) is 3.78. The number of carbonyl (C=O) groups is 1. The zero-order valence-corrected chi connectivity index (χ0v) is 16.9. The Hall–Kier alpha value is -2.50. The van der Waals surface area contributed by atoms with Crippen LogP contribution in [0.2, 0.25) is 0 Å². The van der Waals surface area contributed by atoms with Crippen molar-refractivity contribution in [3.05, 3.63) is 77.1 Å². The summed E-state index contributed by atoms with van der Waals surface area (Å²) >= 11 is 0. The summed E-state index contributed by atoms with van der Waals surface area (Å²) in [6.07, 6.45) is 2.63. The van der Waals surface area contributed by atoms with Gasteiger partial charge in [-0.2, -0.15) is 0 Å². The third-order valence-corrected chi connectivity index (χ3v) is 5.50. The SMILES string of the molecule is CCC(CC)(c1ccc(F)cc1)c1ccc(/C=C/[C@@H](O)C[C@@H](O)CC(=O)O)cc1. The Morgan fingerprint density at radius 1 is 1.00 bits per heavy atom. The van der Waals surface area contributed by atoms with Crippen LogP contribution in [0.15, 0.2) is 54.6 Å². The van der Waals surface area contributed by atoms with Crippen molar-refractivity contribution in [3.8, 4) is 0 Å². The van der Waals surface area contributed by atoms with Crippen LogP contribution < -0.4 is 0 Å². The largest absolute Gasteiger partial charge is 0.481 e. The van der Waals surface area contributed by atoms with Gasteiger partial charge in [-0.3, -0.25) is 4.79 Å². The second kappa shape index (κ2) is 10.3. The lowest BCUT2D eigenvalue weighted by atomic mass is 9.70. The van der Waals surface area contributed by atoms with Crippen LogP contribution in [-0.2, 0) is 10.2 Å². The zero-order valence-electron chi connectivity index (χ0n) is 16.9. The Morgan fingerprint density at radius 2 is 1.52 bits per heavy atom. The van der Waals surface area contributed by atoms with Gasteiger partial charge in [0.25, 0.3) is 0 Å². The molecule has 2 atom stereocenters. The topological polar surface area (TPSA) is 77.8 Å². The van der Waals surface area contributed by atoms with E-state index in [2.05, 4.69) is 13.8 Å². The Morgan fingerprint density at radius 3 is 2.00 bits per heavy atom. The molecule has 156 valence electrons. The van der Waals surface area contributed by atoms with Crippen molar-refractivity contribution in [1.82, 2.24) is 0 Å². The number of aliphatic hydroxyl groups excluding tert-OH is 2. The van der Waals surface area contributed by atoms with Crippen LogP contribution in [-0.4, -0.2) is 33.5 Å². The van der Waals surface area contributed by atoms with Crippen LogP contribution in [0.25, 0.3) is 6.08 Å². The minimum absolute atomic E-state index is 0.0275. The summed E-state index contributed by atoms with van der Waals surface area (Å²) in [5.41, 5.74) is 2.91. The molecule has 0 amide bonds. The van der Waals surface area contributed by atoms with Gasteiger partial charge in [0.1, 0.15) is 5.82 Å². The highest BCUT2D eigenvalue weighted by atomic mass is 19.1. The molecule has 5 heteroatoms. The minimum Gasteiger partial charge on any atom is -0.481 e. The number of hydrogen-bond acceptors (Lipinski definition) is 3. The molecule has 2 aromatic rings. The first-order valence-electron chi connectivity index (χ1n) is 9.93. The Balaban J connectivity index is 2.15. The maximum absolute atomic E-state index is 13.4. The molecule has 0 saturated heterocycles. The molecule has 2 aromatic carbocycles. The fourth-order valence-corrected chi connectivity index (χ4v) is 3.78. The van der Waals surface area contributed by atoms with Crippen molar-refractivity contribution in [2.24, 2.45) is 0 Å². The summed E-state index contributed by atoms with van der Waals surface area (Å²) in [5, 5.41) is 28.2. The highest BCUT2D eigenvalue weighted by Gasteiger charge is 2.30. The Kier molecular flexibility index (Phi) is 8.11. The summed E-state index contributed by atoms with van der Waals surface area (Å²) in [4.78, 5) is 10.6. The first-order valence-corrected chi connectivity index (χ1v) is 9.93. The molecule has 0 saturated carbocycles. The zero-order chi connectivity index (χ0) is 21.4. The highest BCUT2D eigenvalue weighted by molar-refractivity contribution is 5.67. The standard InChI is InChI=1S/C24H29FO4/c1-3-24(4-2,19-10-12-20(25)13-11-19)18-8-5-17(6-9-18)7-14-21(26)15-22(27)16-23(28)29/h5-14,21-22,26-27H,3-4,15-16H2,1-2H3,(H,28,29)/b14-7+/t21-,22-/m1/s1. The lowest BCUT2D eigenvalue weighted by molar-refractivity contribution is -0.139. The molecule has 0 aliphatic rings. The molecule has 0 bridgehead atoms. The molecular formula is C24H29FO4. The first kappa shape index (κ1) is 22.8. The molecule has 0 heterocycles. The average molecular weight is 400 g/mol. The van der Waals surface area contributed by atoms with Crippen molar-refractivity contribution in [2.75, 3.05) is 0 Å². The maximum Gasteiger partial charge on any atom is 0.305 e. The van der Waals surface area contributed by atoms with Gasteiger partial charge in [-0.1, -0.05) is 62.4 Å². The van der Waals surface area contributed by atoms with Gasteiger partial charge in [-0.05, 0) is 41.7 Å². The predicted molar refractivity (Wildman–Crippen MR) is 112 cm³/mol. The van der Waals surface area contributed by atoms with Crippen LogP contribution in [0.4, 0.5) is 4.39 Å². The van der Waals surface area contributed by atoms with E-state index >= 15 is 0 Å². The van der Waals surface area contributed by atoms with E-state index in [0.717, 1.165) is 29.5 Å². The summed E-state index contributed by atoms with van der Waals surface area (Å²) in [6.45, 7) is 4.25. The first-order chi connectivity index (χ1) is 13.8. The lowest BCUT2D eigenvalue weighted by Crippen LogP contribution is -2.26. The number of halogens is 1. The van der Waals surface area contributed by atoms with Gasteiger partial charge in [0.05, 0.1) is 18.6 Å². The quantitative estimate of drug-likeness (QED) is 0.547. The number of carboxylic acid groups (broad SMARTS) is 1. The van der Waals surface area contributed by atoms with E-state index in [0.29, 0.717) is 0 Å². The number of benzene rings is 2. The molecule has 0 aliphatic heterocycles. The summed E-state index contributed by atoms with van der Waals surface area (Å²) in [7, 11) is 0. The van der Waals surface area contributed by atoms with E-state index in [4.69, 9.17) is 5.11 Å². The van der Waals surface area contributed by atoms with Gasteiger partial charge in [0.15, 0.2) is 0 Å². The van der Waals surface area contributed by atoms with Crippen molar-refractivity contribution in [2.45, 2.75) is 57.2 Å². The summed E-state index contributed by atoms with van der Waals surface area (Å²) in [6, 6.07) is 14.7. The van der Waals surface area contributed by atoms with Gasteiger partial charge in [-0.25, -0.2) is 4.39 Å². The molecule has 0 spiro atoms. The second-order valence-electron chi connectivity index (χ2n) is 7.33. The van der Waals surface area contributed by atoms with E-state index in [1.807, 2.05) is 36.4 Å².